The topological polar surface area (TPSA) is 61.7 Å². The fourth-order valence-corrected chi connectivity index (χ4v) is 0.364. The van der Waals surface area contributed by atoms with Crippen molar-refractivity contribution in [3.63, 3.8) is 0 Å². The summed E-state index contributed by atoms with van der Waals surface area (Å²) in [4.78, 5) is 13.6. The van der Waals surface area contributed by atoms with E-state index in [-0.39, 0.29) is 11.9 Å². The number of nitrogens with zero attached hydrogens (tertiary/aromatic N) is 1. The molecule has 4 heteroatoms. The summed E-state index contributed by atoms with van der Waals surface area (Å²) in [6, 6.07) is 0.0184. The van der Waals surface area contributed by atoms with Gasteiger partial charge < -0.3 is 0 Å². The molecule has 9 heavy (non-hydrogen) atoms. The molecule has 0 fully saturated rings. The highest BCUT2D eigenvalue weighted by Gasteiger charge is 1.93. The Hall–Kier alpha value is -0.900. The average Bonchev–Trinajstić information content (AvgIpc) is 1.82. The fourth-order valence-electron chi connectivity index (χ4n) is 0.364. The van der Waals surface area contributed by atoms with E-state index in [0.717, 1.165) is 0 Å². The van der Waals surface area contributed by atoms with Crippen LogP contribution in [0.2, 0.25) is 0 Å². The second-order valence-corrected chi connectivity index (χ2v) is 1.84. The Labute approximate surface area is 53.6 Å². The molecule has 0 aliphatic carbocycles. The van der Waals surface area contributed by atoms with Crippen molar-refractivity contribution in [1.29, 1.82) is 0 Å². The summed E-state index contributed by atoms with van der Waals surface area (Å²) in [6.07, 6.45) is 0.458. The predicted octanol–water partition coefficient (Wildman–Crippen LogP) is -0.0290. The molecule has 0 aromatic carbocycles. The van der Waals surface area contributed by atoms with Crippen molar-refractivity contribution in [1.82, 2.24) is 5.48 Å². The van der Waals surface area contributed by atoms with Crippen molar-refractivity contribution >= 4 is 12.1 Å². The number of aliphatic imine (C=N–C) groups is 1. The minimum absolute atomic E-state index is 0.0184. The van der Waals surface area contributed by atoms with Crippen molar-refractivity contribution in [2.45, 2.75) is 19.9 Å². The molecule has 0 saturated heterocycles. The Balaban J connectivity index is 3.90. The highest BCUT2D eigenvalue weighted by atomic mass is 16.5. The Morgan fingerprint density at radius 2 is 2.33 bits per heavy atom. The molecule has 52 valence electrons. The number of hydrogen-bond donors (Lipinski definition) is 2. The maximum atomic E-state index is 9.92. The van der Waals surface area contributed by atoms with Crippen LogP contribution in [0.3, 0.4) is 0 Å². The number of carbonyl (C=O) groups excluding carboxylic acids is 1. The van der Waals surface area contributed by atoms with Crippen LogP contribution in [0.15, 0.2) is 4.99 Å². The van der Waals surface area contributed by atoms with Crippen LogP contribution in [-0.2, 0) is 4.79 Å². The Bertz CT molecular complexity index is 120. The molecular weight excluding hydrogens is 120 g/mol. The lowest BCUT2D eigenvalue weighted by Crippen LogP contribution is -2.21. The van der Waals surface area contributed by atoms with Gasteiger partial charge in [0.15, 0.2) is 12.1 Å². The molecule has 0 aliphatic rings. The van der Waals surface area contributed by atoms with E-state index in [0.29, 0.717) is 6.29 Å². The highest BCUT2D eigenvalue weighted by Crippen LogP contribution is 1.83. The van der Waals surface area contributed by atoms with Crippen molar-refractivity contribution in [3.8, 4) is 0 Å². The van der Waals surface area contributed by atoms with Gasteiger partial charge in [0.25, 0.3) is 0 Å². The number of hydroxylamine groups is 1. The van der Waals surface area contributed by atoms with Gasteiger partial charge in [0.1, 0.15) is 0 Å². The van der Waals surface area contributed by atoms with Gasteiger partial charge in [-0.15, -0.1) is 0 Å². The van der Waals surface area contributed by atoms with Crippen LogP contribution in [0.25, 0.3) is 0 Å². The van der Waals surface area contributed by atoms with Gasteiger partial charge in [0.2, 0.25) is 0 Å². The van der Waals surface area contributed by atoms with Crippen LogP contribution in [0.5, 0.6) is 0 Å². The van der Waals surface area contributed by atoms with Gasteiger partial charge in [-0.2, -0.15) is 0 Å². The summed E-state index contributed by atoms with van der Waals surface area (Å²) in [5.74, 6) is -0.0370. The first kappa shape index (κ1) is 8.10. The first-order chi connectivity index (χ1) is 4.20. The molecule has 0 spiro atoms. The lowest BCUT2D eigenvalue weighted by molar-refractivity contribution is -0.103. The predicted molar refractivity (Wildman–Crippen MR) is 33.6 cm³/mol. The molecule has 0 saturated carbocycles. The fraction of sp³-hybridized carbons (Fsp3) is 0.600. The zero-order valence-corrected chi connectivity index (χ0v) is 5.46. The number of carbonyl (C=O) groups is 1. The Morgan fingerprint density at radius 3 is 2.44 bits per heavy atom. The number of hydrogen-bond acceptors (Lipinski definition) is 3. The standard InChI is InChI=1S/C5H10N2O2/c1-4(2)6-5(3-8)7-9/h3-4,9H,1-2H3,(H,6,7). The minimum atomic E-state index is -0.0370. The zero-order chi connectivity index (χ0) is 7.28. The van der Waals surface area contributed by atoms with Gasteiger partial charge in [-0.1, -0.05) is 0 Å². The van der Waals surface area contributed by atoms with Gasteiger partial charge in [-0.05, 0) is 13.8 Å². The van der Waals surface area contributed by atoms with Crippen LogP contribution in [0, 0.1) is 0 Å². The van der Waals surface area contributed by atoms with E-state index < -0.39 is 0 Å². The summed E-state index contributed by atoms with van der Waals surface area (Å²) in [7, 11) is 0. The van der Waals surface area contributed by atoms with Gasteiger partial charge >= 0.3 is 0 Å². The zero-order valence-electron chi connectivity index (χ0n) is 5.46. The smallest absolute Gasteiger partial charge is 0.186 e. The molecular formula is C5H10N2O2. The van der Waals surface area contributed by atoms with Crippen molar-refractivity contribution < 1.29 is 10.0 Å². The van der Waals surface area contributed by atoms with E-state index in [1.807, 2.05) is 0 Å². The summed E-state index contributed by atoms with van der Waals surface area (Å²) in [5, 5.41) is 8.16. The monoisotopic (exact) mass is 130 g/mol. The normalized spacial score (nSPS) is 11.8. The quantitative estimate of drug-likeness (QED) is 0.239. The molecule has 0 heterocycles. The van der Waals surface area contributed by atoms with Gasteiger partial charge in [-0.3, -0.25) is 15.0 Å². The molecule has 0 radical (unpaired) electrons. The van der Waals surface area contributed by atoms with E-state index in [1.54, 1.807) is 19.3 Å². The van der Waals surface area contributed by atoms with Gasteiger partial charge in [0, 0.05) is 6.04 Å². The van der Waals surface area contributed by atoms with Crippen molar-refractivity contribution in [2.75, 3.05) is 0 Å². The molecule has 0 amide bonds. The third kappa shape index (κ3) is 3.66. The molecule has 0 unspecified atom stereocenters. The molecule has 0 atom stereocenters. The van der Waals surface area contributed by atoms with Gasteiger partial charge in [0.05, 0.1) is 0 Å². The number of amidine groups is 1. The minimum Gasteiger partial charge on any atom is -0.294 e. The van der Waals surface area contributed by atoms with Crippen LogP contribution in [0.4, 0.5) is 0 Å². The first-order valence-corrected chi connectivity index (χ1v) is 2.63. The lowest BCUT2D eigenvalue weighted by Gasteiger charge is -1.97. The molecule has 0 aromatic heterocycles. The van der Waals surface area contributed by atoms with E-state index in [4.69, 9.17) is 5.21 Å². The third-order valence-corrected chi connectivity index (χ3v) is 0.623. The van der Waals surface area contributed by atoms with E-state index in [1.165, 1.54) is 0 Å². The molecule has 2 N–H and O–H groups in total. The Kier molecular flexibility index (Phi) is 3.62. The summed E-state index contributed by atoms with van der Waals surface area (Å²) in [5.41, 5.74) is 1.66. The van der Waals surface area contributed by atoms with Gasteiger partial charge in [-0.25, -0.2) is 5.48 Å². The molecule has 4 nitrogen and oxygen atoms in total. The first-order valence-electron chi connectivity index (χ1n) is 2.63. The maximum Gasteiger partial charge on any atom is 0.186 e. The third-order valence-electron chi connectivity index (χ3n) is 0.623. The van der Waals surface area contributed by atoms with Crippen molar-refractivity contribution in [3.05, 3.63) is 0 Å². The Morgan fingerprint density at radius 1 is 1.78 bits per heavy atom. The maximum absolute atomic E-state index is 9.92. The largest absolute Gasteiger partial charge is 0.294 e. The highest BCUT2D eigenvalue weighted by molar-refractivity contribution is 6.26. The summed E-state index contributed by atoms with van der Waals surface area (Å²) >= 11 is 0. The SMILES string of the molecule is CC(C)N=C(C=O)NO. The van der Waals surface area contributed by atoms with Crippen LogP contribution >= 0.6 is 0 Å². The van der Waals surface area contributed by atoms with E-state index in [9.17, 15) is 4.79 Å². The molecule has 0 bridgehead atoms. The molecule has 0 aliphatic heterocycles. The second kappa shape index (κ2) is 4.03. The molecule has 0 aromatic rings. The summed E-state index contributed by atoms with van der Waals surface area (Å²) < 4.78 is 0. The van der Waals surface area contributed by atoms with Crippen LogP contribution in [0.1, 0.15) is 13.8 Å². The number of nitrogens with one attached hydrogen (secondary N) is 1. The number of rotatable bonds is 2. The second-order valence-electron chi connectivity index (χ2n) is 1.84. The summed E-state index contributed by atoms with van der Waals surface area (Å²) in [6.45, 7) is 3.61. The average molecular weight is 130 g/mol. The van der Waals surface area contributed by atoms with E-state index in [2.05, 4.69) is 4.99 Å². The lowest BCUT2D eigenvalue weighted by atomic mass is 10.4. The number of aldehydes is 1. The van der Waals surface area contributed by atoms with Crippen LogP contribution in [-0.4, -0.2) is 23.4 Å². The van der Waals surface area contributed by atoms with E-state index >= 15 is 0 Å². The molecule has 0 rings (SSSR count). The van der Waals surface area contributed by atoms with Crippen molar-refractivity contribution in [2.24, 2.45) is 4.99 Å². The van der Waals surface area contributed by atoms with Crippen LogP contribution < -0.4 is 5.48 Å².